The van der Waals surface area contributed by atoms with Gasteiger partial charge in [0.15, 0.2) is 0 Å². The smallest absolute Gasteiger partial charge is 0.245 e. The van der Waals surface area contributed by atoms with Crippen LogP contribution in [-0.2, 0) is 19.1 Å². The van der Waals surface area contributed by atoms with Gasteiger partial charge in [-0.1, -0.05) is 0 Å². The average molecular weight is 333 g/mol. The lowest BCUT2D eigenvalue weighted by molar-refractivity contribution is -0.140. The summed E-state index contributed by atoms with van der Waals surface area (Å²) in [6.45, 7) is 2.57. The van der Waals surface area contributed by atoms with E-state index >= 15 is 0 Å². The van der Waals surface area contributed by atoms with Gasteiger partial charge < -0.3 is 25.4 Å². The van der Waals surface area contributed by atoms with Gasteiger partial charge in [0, 0.05) is 26.8 Å². The van der Waals surface area contributed by atoms with E-state index in [-0.39, 0.29) is 11.8 Å². The van der Waals surface area contributed by atoms with E-state index in [0.29, 0.717) is 45.8 Å². The van der Waals surface area contributed by atoms with E-state index in [1.54, 1.807) is 23.8 Å². The summed E-state index contributed by atoms with van der Waals surface area (Å²) in [5.41, 5.74) is 5.86. The number of hydrogen-bond donors (Lipinski definition) is 2. The van der Waals surface area contributed by atoms with Gasteiger partial charge in [-0.15, -0.1) is 0 Å². The number of nitrogens with zero attached hydrogens (tertiary/aromatic N) is 1. The summed E-state index contributed by atoms with van der Waals surface area (Å²) in [5.74, 6) is 0.442. The van der Waals surface area contributed by atoms with Crippen LogP contribution in [-0.4, -0.2) is 80.8 Å². The predicted molar refractivity (Wildman–Crippen MR) is 86.8 cm³/mol. The third-order valence-electron chi connectivity index (χ3n) is 3.52. The van der Waals surface area contributed by atoms with Crippen LogP contribution >= 0.6 is 11.8 Å². The molecule has 1 saturated heterocycles. The lowest BCUT2D eigenvalue weighted by Gasteiger charge is -2.31. The Morgan fingerprint density at radius 3 is 2.64 bits per heavy atom. The lowest BCUT2D eigenvalue weighted by atomic mass is 10.1. The average Bonchev–Trinajstić information content (AvgIpc) is 2.56. The molecule has 0 aromatic heterocycles. The molecule has 3 N–H and O–H groups in total. The molecule has 2 atom stereocenters. The maximum atomic E-state index is 12.5. The fourth-order valence-corrected chi connectivity index (χ4v) is 2.64. The maximum absolute atomic E-state index is 12.5. The number of rotatable bonds is 9. The van der Waals surface area contributed by atoms with E-state index in [9.17, 15) is 9.59 Å². The van der Waals surface area contributed by atoms with E-state index in [2.05, 4.69) is 5.32 Å². The number of amides is 2. The van der Waals surface area contributed by atoms with E-state index in [4.69, 9.17) is 15.2 Å². The Kier molecular flexibility index (Phi) is 9.45. The van der Waals surface area contributed by atoms with Crippen LogP contribution in [0.4, 0.5) is 0 Å². The third kappa shape index (κ3) is 6.51. The molecule has 1 rings (SSSR count). The molecule has 0 aliphatic carbocycles. The highest BCUT2D eigenvalue weighted by Crippen LogP contribution is 2.06. The molecule has 8 heteroatoms. The van der Waals surface area contributed by atoms with Gasteiger partial charge >= 0.3 is 0 Å². The Morgan fingerprint density at radius 2 is 2.05 bits per heavy atom. The van der Waals surface area contributed by atoms with Gasteiger partial charge in [-0.3, -0.25) is 9.59 Å². The van der Waals surface area contributed by atoms with Crippen molar-refractivity contribution >= 4 is 23.6 Å². The molecule has 1 aliphatic rings. The molecule has 22 heavy (non-hydrogen) atoms. The van der Waals surface area contributed by atoms with Crippen molar-refractivity contribution in [2.75, 3.05) is 52.0 Å². The van der Waals surface area contributed by atoms with Crippen LogP contribution in [0, 0.1) is 0 Å². The first kappa shape index (κ1) is 19.2. The Bertz CT molecular complexity index is 351. The number of nitrogens with two attached hydrogens (primary N) is 1. The zero-order valence-electron chi connectivity index (χ0n) is 13.4. The molecule has 128 valence electrons. The molecule has 0 aromatic rings. The minimum absolute atomic E-state index is 0.0919. The Hall–Kier alpha value is -0.830. The summed E-state index contributed by atoms with van der Waals surface area (Å²) in [7, 11) is 1.57. The molecule has 1 aliphatic heterocycles. The van der Waals surface area contributed by atoms with Crippen molar-refractivity contribution < 1.29 is 19.1 Å². The van der Waals surface area contributed by atoms with Crippen LogP contribution in [0.5, 0.6) is 0 Å². The van der Waals surface area contributed by atoms with Crippen molar-refractivity contribution in [2.24, 2.45) is 5.73 Å². The maximum Gasteiger partial charge on any atom is 0.245 e. The normalized spacial score (nSPS) is 17.9. The summed E-state index contributed by atoms with van der Waals surface area (Å²) >= 11 is 1.64. The first-order valence-corrected chi connectivity index (χ1v) is 8.90. The summed E-state index contributed by atoms with van der Waals surface area (Å²) < 4.78 is 10.3. The summed E-state index contributed by atoms with van der Waals surface area (Å²) in [4.78, 5) is 26.4. The minimum Gasteiger partial charge on any atom is -0.385 e. The second-order valence-corrected chi connectivity index (χ2v) is 6.15. The van der Waals surface area contributed by atoms with E-state index in [1.807, 2.05) is 6.26 Å². The zero-order chi connectivity index (χ0) is 16.4. The van der Waals surface area contributed by atoms with E-state index in [1.165, 1.54) is 0 Å². The summed E-state index contributed by atoms with van der Waals surface area (Å²) in [6, 6.07) is -1.18. The Labute approximate surface area is 136 Å². The molecule has 0 aromatic carbocycles. The molecule has 7 nitrogen and oxygen atoms in total. The lowest BCUT2D eigenvalue weighted by Crippen LogP contribution is -2.54. The van der Waals surface area contributed by atoms with Gasteiger partial charge in [0.2, 0.25) is 11.8 Å². The van der Waals surface area contributed by atoms with Crippen molar-refractivity contribution in [3.63, 3.8) is 0 Å². The fourth-order valence-electron chi connectivity index (χ4n) is 2.15. The van der Waals surface area contributed by atoms with Crippen molar-refractivity contribution in [3.05, 3.63) is 0 Å². The Morgan fingerprint density at radius 1 is 1.36 bits per heavy atom. The predicted octanol–water partition coefficient (Wildman–Crippen LogP) is -0.553. The van der Waals surface area contributed by atoms with Crippen LogP contribution in [0.1, 0.15) is 12.8 Å². The number of methoxy groups -OCH3 is 1. The number of hydrogen-bond acceptors (Lipinski definition) is 6. The van der Waals surface area contributed by atoms with Crippen LogP contribution in [0.2, 0.25) is 0 Å². The largest absolute Gasteiger partial charge is 0.385 e. The van der Waals surface area contributed by atoms with Crippen molar-refractivity contribution in [3.8, 4) is 0 Å². The van der Waals surface area contributed by atoms with Crippen molar-refractivity contribution in [1.82, 2.24) is 10.2 Å². The van der Waals surface area contributed by atoms with Crippen molar-refractivity contribution in [2.45, 2.75) is 24.9 Å². The monoisotopic (exact) mass is 333 g/mol. The molecule has 0 spiro atoms. The number of morpholine rings is 1. The summed E-state index contributed by atoms with van der Waals surface area (Å²) in [6.07, 6.45) is 3.00. The minimum atomic E-state index is -0.592. The molecule has 2 amide bonds. The third-order valence-corrected chi connectivity index (χ3v) is 4.16. The van der Waals surface area contributed by atoms with Gasteiger partial charge in [-0.05, 0) is 24.9 Å². The molecule has 0 saturated carbocycles. The molecule has 0 bridgehead atoms. The number of carbonyl (C=O) groups excluding carboxylic acids is 2. The van der Waals surface area contributed by atoms with Crippen LogP contribution in [0.25, 0.3) is 0 Å². The Balaban J connectivity index is 2.58. The highest BCUT2D eigenvalue weighted by molar-refractivity contribution is 7.98. The van der Waals surface area contributed by atoms with Gasteiger partial charge in [0.1, 0.15) is 6.04 Å². The van der Waals surface area contributed by atoms with Gasteiger partial charge in [-0.2, -0.15) is 11.8 Å². The summed E-state index contributed by atoms with van der Waals surface area (Å²) in [5, 5.41) is 2.77. The van der Waals surface area contributed by atoms with Crippen LogP contribution in [0.15, 0.2) is 0 Å². The van der Waals surface area contributed by atoms with Crippen LogP contribution < -0.4 is 11.1 Å². The molecular formula is C14H27N3O4S. The second kappa shape index (κ2) is 10.8. The van der Waals surface area contributed by atoms with Gasteiger partial charge in [0.05, 0.1) is 19.3 Å². The first-order valence-electron chi connectivity index (χ1n) is 7.50. The topological polar surface area (TPSA) is 93.9 Å². The molecular weight excluding hydrogens is 306 g/mol. The second-order valence-electron chi connectivity index (χ2n) is 5.17. The quantitative estimate of drug-likeness (QED) is 0.588. The fraction of sp³-hybridized carbons (Fsp3) is 0.857. The SMILES string of the molecule is COCC[C@H](NC(=O)[C@@H](N)CCSC)C(=O)N1CCOCC1. The highest BCUT2D eigenvalue weighted by atomic mass is 32.2. The number of thioether (sulfide) groups is 1. The van der Waals surface area contributed by atoms with E-state index in [0.717, 1.165) is 5.75 Å². The van der Waals surface area contributed by atoms with Gasteiger partial charge in [0.25, 0.3) is 0 Å². The molecule has 1 heterocycles. The number of carbonyl (C=O) groups is 2. The molecule has 0 radical (unpaired) electrons. The zero-order valence-corrected chi connectivity index (χ0v) is 14.2. The standard InChI is InChI=1S/C14H27N3O4S/c1-20-7-3-12(14(19)17-5-8-21-9-6-17)16-13(18)11(15)4-10-22-2/h11-12H,3-10,15H2,1-2H3,(H,16,18)/t11-,12-/m0/s1. The molecule has 1 fully saturated rings. The van der Waals surface area contributed by atoms with E-state index < -0.39 is 12.1 Å². The molecule has 0 unspecified atom stereocenters. The number of nitrogens with one attached hydrogen (secondary N) is 1. The highest BCUT2D eigenvalue weighted by Gasteiger charge is 2.28. The van der Waals surface area contributed by atoms with Gasteiger partial charge in [-0.25, -0.2) is 0 Å². The number of ether oxygens (including phenoxy) is 2. The first-order chi connectivity index (χ1) is 10.6. The van der Waals surface area contributed by atoms with Crippen LogP contribution in [0.3, 0.4) is 0 Å². The van der Waals surface area contributed by atoms with Crippen molar-refractivity contribution in [1.29, 1.82) is 0 Å².